The van der Waals surface area contributed by atoms with E-state index in [1.54, 1.807) is 12.1 Å². The fourth-order valence-corrected chi connectivity index (χ4v) is 2.00. The van der Waals surface area contributed by atoms with Crippen molar-refractivity contribution in [2.45, 2.75) is 4.90 Å². The van der Waals surface area contributed by atoms with E-state index in [1.165, 1.54) is 18.5 Å². The SMILES string of the molecule is NS(=O)(=O)c1ccc(N/N=C\c2ccco2)c([N+](=O)[O-])c1. The smallest absolute Gasteiger partial charge is 0.295 e. The molecule has 0 aliphatic carbocycles. The topological polar surface area (TPSA) is 141 Å². The molecule has 0 radical (unpaired) electrons. The van der Waals surface area contributed by atoms with E-state index in [0.29, 0.717) is 5.76 Å². The summed E-state index contributed by atoms with van der Waals surface area (Å²) in [6, 6.07) is 6.51. The third kappa shape index (κ3) is 3.64. The Kier molecular flexibility index (Phi) is 4.00. The van der Waals surface area contributed by atoms with Gasteiger partial charge in [0.05, 0.1) is 22.3 Å². The predicted octanol–water partition coefficient (Wildman–Crippen LogP) is 1.28. The number of hydrazone groups is 1. The second-order valence-electron chi connectivity index (χ2n) is 3.87. The number of nitrogens with zero attached hydrogens (tertiary/aromatic N) is 2. The van der Waals surface area contributed by atoms with Gasteiger partial charge in [0.25, 0.3) is 5.69 Å². The summed E-state index contributed by atoms with van der Waals surface area (Å²) in [5.41, 5.74) is 2.01. The highest BCUT2D eigenvalue weighted by Gasteiger charge is 2.18. The van der Waals surface area contributed by atoms with Crippen molar-refractivity contribution in [3.63, 3.8) is 0 Å². The van der Waals surface area contributed by atoms with Crippen LogP contribution in [-0.2, 0) is 10.0 Å². The summed E-state index contributed by atoms with van der Waals surface area (Å²) in [5.74, 6) is 0.450. The largest absolute Gasteiger partial charge is 0.463 e. The van der Waals surface area contributed by atoms with Gasteiger partial charge in [0.2, 0.25) is 10.0 Å². The minimum absolute atomic E-state index is 0.0233. The van der Waals surface area contributed by atoms with Gasteiger partial charge in [-0.15, -0.1) is 0 Å². The molecule has 0 saturated heterocycles. The number of hydrogen-bond acceptors (Lipinski definition) is 7. The van der Waals surface area contributed by atoms with Crippen molar-refractivity contribution in [2.75, 3.05) is 5.43 Å². The molecule has 0 aliphatic heterocycles. The van der Waals surface area contributed by atoms with E-state index < -0.39 is 20.6 Å². The third-order valence-corrected chi connectivity index (χ3v) is 3.33. The van der Waals surface area contributed by atoms with Gasteiger partial charge >= 0.3 is 0 Å². The fraction of sp³-hybridized carbons (Fsp3) is 0. The van der Waals surface area contributed by atoms with Crippen LogP contribution in [0.1, 0.15) is 5.76 Å². The number of sulfonamides is 1. The summed E-state index contributed by atoms with van der Waals surface area (Å²) in [7, 11) is -4.02. The van der Waals surface area contributed by atoms with Gasteiger partial charge in [-0.3, -0.25) is 15.5 Å². The molecule has 1 aromatic heterocycles. The Morgan fingerprint density at radius 2 is 2.14 bits per heavy atom. The van der Waals surface area contributed by atoms with Gasteiger partial charge in [-0.2, -0.15) is 5.10 Å². The molecular formula is C11H10N4O5S. The first-order chi connectivity index (χ1) is 9.88. The fourth-order valence-electron chi connectivity index (χ4n) is 1.46. The zero-order chi connectivity index (χ0) is 15.5. The number of hydrogen-bond donors (Lipinski definition) is 2. The molecule has 0 bridgehead atoms. The lowest BCUT2D eigenvalue weighted by Crippen LogP contribution is -2.12. The molecule has 1 heterocycles. The van der Waals surface area contributed by atoms with Crippen LogP contribution in [0.3, 0.4) is 0 Å². The number of furan rings is 1. The molecule has 2 rings (SSSR count). The zero-order valence-electron chi connectivity index (χ0n) is 10.5. The van der Waals surface area contributed by atoms with Gasteiger partial charge in [-0.05, 0) is 24.3 Å². The second kappa shape index (κ2) is 5.73. The van der Waals surface area contributed by atoms with E-state index in [-0.39, 0.29) is 10.6 Å². The molecule has 9 nitrogen and oxygen atoms in total. The summed E-state index contributed by atoms with van der Waals surface area (Å²) in [4.78, 5) is 9.86. The maximum absolute atomic E-state index is 11.2. The van der Waals surface area contributed by atoms with Gasteiger partial charge in [-0.1, -0.05) is 0 Å². The van der Waals surface area contributed by atoms with Crippen molar-refractivity contribution < 1.29 is 17.8 Å². The Balaban J connectivity index is 2.29. The molecule has 0 unspecified atom stereocenters. The zero-order valence-corrected chi connectivity index (χ0v) is 11.3. The monoisotopic (exact) mass is 310 g/mol. The van der Waals surface area contributed by atoms with Crippen molar-refractivity contribution in [3.8, 4) is 0 Å². The van der Waals surface area contributed by atoms with Crippen LogP contribution in [0.5, 0.6) is 0 Å². The highest BCUT2D eigenvalue weighted by molar-refractivity contribution is 7.89. The Hall–Kier alpha value is -2.72. The minimum atomic E-state index is -4.02. The van der Waals surface area contributed by atoms with Crippen molar-refractivity contribution in [2.24, 2.45) is 10.2 Å². The van der Waals surface area contributed by atoms with Crippen molar-refractivity contribution in [1.29, 1.82) is 0 Å². The van der Waals surface area contributed by atoms with Gasteiger partial charge < -0.3 is 4.42 Å². The normalized spacial score (nSPS) is 11.7. The molecule has 0 amide bonds. The standard InChI is InChI=1S/C11H10N4O5S/c12-21(18,19)9-3-4-10(11(6-9)15(16)17)14-13-7-8-2-1-5-20-8/h1-7,14H,(H2,12,18,19)/b13-7-. The highest BCUT2D eigenvalue weighted by Crippen LogP contribution is 2.27. The van der Waals surface area contributed by atoms with Crippen LogP contribution in [-0.4, -0.2) is 19.6 Å². The first-order valence-electron chi connectivity index (χ1n) is 5.52. The number of rotatable bonds is 5. The maximum atomic E-state index is 11.2. The quantitative estimate of drug-likeness (QED) is 0.484. The number of anilines is 1. The lowest BCUT2D eigenvalue weighted by Gasteiger charge is -2.03. The molecule has 110 valence electrons. The van der Waals surface area contributed by atoms with Crippen LogP contribution in [0, 0.1) is 10.1 Å². The third-order valence-electron chi connectivity index (χ3n) is 2.41. The molecule has 21 heavy (non-hydrogen) atoms. The molecular weight excluding hydrogens is 300 g/mol. The van der Waals surface area contributed by atoms with Crippen LogP contribution in [0.4, 0.5) is 11.4 Å². The molecule has 0 spiro atoms. The molecule has 3 N–H and O–H groups in total. The van der Waals surface area contributed by atoms with Crippen LogP contribution in [0.25, 0.3) is 0 Å². The first-order valence-corrected chi connectivity index (χ1v) is 7.06. The van der Waals surface area contributed by atoms with Crippen LogP contribution in [0.15, 0.2) is 51.0 Å². The molecule has 0 fully saturated rings. The van der Waals surface area contributed by atoms with Gasteiger partial charge in [0.1, 0.15) is 11.4 Å². The lowest BCUT2D eigenvalue weighted by atomic mass is 10.3. The Morgan fingerprint density at radius 3 is 2.71 bits per heavy atom. The molecule has 10 heteroatoms. The lowest BCUT2D eigenvalue weighted by molar-refractivity contribution is -0.384. The molecule has 0 saturated carbocycles. The minimum Gasteiger partial charge on any atom is -0.463 e. The van der Waals surface area contributed by atoms with E-state index in [4.69, 9.17) is 9.56 Å². The van der Waals surface area contributed by atoms with E-state index in [2.05, 4.69) is 10.5 Å². The summed E-state index contributed by atoms with van der Waals surface area (Å²) in [6.07, 6.45) is 2.77. The summed E-state index contributed by atoms with van der Waals surface area (Å²) >= 11 is 0. The Bertz CT molecular complexity index is 783. The summed E-state index contributed by atoms with van der Waals surface area (Å²) < 4.78 is 27.4. The van der Waals surface area contributed by atoms with E-state index >= 15 is 0 Å². The molecule has 2 aromatic rings. The first kappa shape index (κ1) is 14.7. The van der Waals surface area contributed by atoms with Gasteiger partial charge in [-0.25, -0.2) is 13.6 Å². The van der Waals surface area contributed by atoms with Gasteiger partial charge in [0, 0.05) is 6.07 Å². The van der Waals surface area contributed by atoms with E-state index in [0.717, 1.165) is 12.1 Å². The van der Waals surface area contributed by atoms with Crippen LogP contribution in [0.2, 0.25) is 0 Å². The molecule has 1 aromatic carbocycles. The van der Waals surface area contributed by atoms with E-state index in [1.807, 2.05) is 0 Å². The molecule has 0 aliphatic rings. The summed E-state index contributed by atoms with van der Waals surface area (Å²) in [6.45, 7) is 0. The number of nitro groups is 1. The number of nitrogens with one attached hydrogen (secondary N) is 1. The van der Waals surface area contributed by atoms with Crippen LogP contribution < -0.4 is 10.6 Å². The second-order valence-corrected chi connectivity index (χ2v) is 5.43. The van der Waals surface area contributed by atoms with Crippen molar-refractivity contribution >= 4 is 27.6 Å². The summed E-state index contributed by atoms with van der Waals surface area (Å²) in [5, 5.41) is 19.6. The number of nitrogens with two attached hydrogens (primary N) is 1. The van der Waals surface area contributed by atoms with Crippen LogP contribution >= 0.6 is 0 Å². The number of primary sulfonamides is 1. The average molecular weight is 310 g/mol. The Labute approximate surface area is 119 Å². The van der Waals surface area contributed by atoms with Gasteiger partial charge in [0.15, 0.2) is 0 Å². The predicted molar refractivity (Wildman–Crippen MR) is 74.4 cm³/mol. The number of benzene rings is 1. The maximum Gasteiger partial charge on any atom is 0.295 e. The Morgan fingerprint density at radius 1 is 1.38 bits per heavy atom. The average Bonchev–Trinajstić information content (AvgIpc) is 2.90. The van der Waals surface area contributed by atoms with Crippen molar-refractivity contribution in [1.82, 2.24) is 0 Å². The number of nitro benzene ring substituents is 1. The highest BCUT2D eigenvalue weighted by atomic mass is 32.2. The van der Waals surface area contributed by atoms with Crippen molar-refractivity contribution in [3.05, 3.63) is 52.5 Å². The van der Waals surface area contributed by atoms with E-state index in [9.17, 15) is 18.5 Å². The molecule has 0 atom stereocenters.